The molecule has 0 fully saturated rings. The van der Waals surface area contributed by atoms with Crippen LogP contribution in [0.1, 0.15) is 19.4 Å². The average Bonchev–Trinajstić information content (AvgIpc) is 2.50. The Morgan fingerprint density at radius 3 is 2.26 bits per heavy atom. The Morgan fingerprint density at radius 1 is 1.04 bits per heavy atom. The Balaban J connectivity index is 2.55. The SMILES string of the molecule is CC(C)N[C@@H](Cc1ccccc1)C(=O)NCC(=O)NCC(=O)O. The van der Waals surface area contributed by atoms with E-state index in [-0.39, 0.29) is 18.5 Å². The van der Waals surface area contributed by atoms with Gasteiger partial charge in [0.05, 0.1) is 12.6 Å². The van der Waals surface area contributed by atoms with Gasteiger partial charge in [-0.3, -0.25) is 14.4 Å². The zero-order valence-corrected chi connectivity index (χ0v) is 13.3. The first-order valence-corrected chi connectivity index (χ1v) is 7.44. The van der Waals surface area contributed by atoms with Crippen molar-refractivity contribution >= 4 is 17.8 Å². The number of benzene rings is 1. The van der Waals surface area contributed by atoms with Crippen LogP contribution in [0.4, 0.5) is 0 Å². The lowest BCUT2D eigenvalue weighted by atomic mass is 10.0. The highest BCUT2D eigenvalue weighted by Gasteiger charge is 2.20. The van der Waals surface area contributed by atoms with Crippen LogP contribution in [0.15, 0.2) is 30.3 Å². The first-order valence-electron chi connectivity index (χ1n) is 7.44. The van der Waals surface area contributed by atoms with Gasteiger partial charge in [0.25, 0.3) is 0 Å². The first kappa shape index (κ1) is 18.6. The van der Waals surface area contributed by atoms with Crippen molar-refractivity contribution in [1.82, 2.24) is 16.0 Å². The second kappa shape index (κ2) is 9.58. The minimum absolute atomic E-state index is 0.107. The van der Waals surface area contributed by atoms with E-state index in [2.05, 4.69) is 16.0 Å². The molecule has 7 nitrogen and oxygen atoms in total. The molecule has 0 saturated heterocycles. The Bertz CT molecular complexity index is 531. The predicted molar refractivity (Wildman–Crippen MR) is 85.9 cm³/mol. The molecule has 2 amide bonds. The standard InChI is InChI=1S/C16H23N3O4/c1-11(2)19-13(8-12-6-4-3-5-7-12)16(23)18-9-14(20)17-10-15(21)22/h3-7,11,13,19H,8-10H2,1-2H3,(H,17,20)(H,18,23)(H,21,22)/t13-/m0/s1. The number of carbonyl (C=O) groups is 3. The van der Waals surface area contributed by atoms with Crippen molar-refractivity contribution < 1.29 is 19.5 Å². The molecule has 0 aromatic heterocycles. The van der Waals surface area contributed by atoms with Crippen molar-refractivity contribution in [2.45, 2.75) is 32.4 Å². The maximum atomic E-state index is 12.3. The van der Waals surface area contributed by atoms with Gasteiger partial charge in [-0.25, -0.2) is 0 Å². The number of hydrogen-bond acceptors (Lipinski definition) is 4. The summed E-state index contributed by atoms with van der Waals surface area (Å²) in [5.41, 5.74) is 1.01. The molecule has 1 rings (SSSR count). The van der Waals surface area contributed by atoms with Gasteiger partial charge in [-0.15, -0.1) is 0 Å². The van der Waals surface area contributed by atoms with Crippen LogP contribution in [0.3, 0.4) is 0 Å². The van der Waals surface area contributed by atoms with Gasteiger partial charge in [0.15, 0.2) is 0 Å². The van der Waals surface area contributed by atoms with Gasteiger partial charge in [-0.05, 0) is 12.0 Å². The fourth-order valence-corrected chi connectivity index (χ4v) is 2.01. The van der Waals surface area contributed by atoms with Crippen LogP contribution in [0.5, 0.6) is 0 Å². The highest BCUT2D eigenvalue weighted by atomic mass is 16.4. The molecule has 126 valence electrons. The number of rotatable bonds is 9. The number of nitrogens with one attached hydrogen (secondary N) is 3. The van der Waals surface area contributed by atoms with E-state index < -0.39 is 24.5 Å². The summed E-state index contributed by atoms with van der Waals surface area (Å²) in [6.07, 6.45) is 0.502. The summed E-state index contributed by atoms with van der Waals surface area (Å²) in [4.78, 5) is 34.1. The number of carboxylic acids is 1. The molecule has 0 saturated carbocycles. The average molecular weight is 321 g/mol. The smallest absolute Gasteiger partial charge is 0.322 e. The third-order valence-corrected chi connectivity index (χ3v) is 2.99. The summed E-state index contributed by atoms with van der Waals surface area (Å²) in [7, 11) is 0. The third-order valence-electron chi connectivity index (χ3n) is 2.99. The molecular weight excluding hydrogens is 298 g/mol. The number of carboxylic acid groups (broad SMARTS) is 1. The van der Waals surface area contributed by atoms with Gasteiger partial charge in [-0.2, -0.15) is 0 Å². The second-order valence-electron chi connectivity index (χ2n) is 5.45. The predicted octanol–water partition coefficient (Wildman–Crippen LogP) is -0.0873. The van der Waals surface area contributed by atoms with Crippen LogP contribution < -0.4 is 16.0 Å². The van der Waals surface area contributed by atoms with E-state index in [9.17, 15) is 14.4 Å². The van der Waals surface area contributed by atoms with Crippen molar-refractivity contribution in [3.63, 3.8) is 0 Å². The highest BCUT2D eigenvalue weighted by Crippen LogP contribution is 2.04. The maximum Gasteiger partial charge on any atom is 0.322 e. The summed E-state index contributed by atoms with van der Waals surface area (Å²) in [5, 5.41) is 16.4. The van der Waals surface area contributed by atoms with Crippen molar-refractivity contribution in [3.05, 3.63) is 35.9 Å². The van der Waals surface area contributed by atoms with Gasteiger partial charge in [-0.1, -0.05) is 44.2 Å². The van der Waals surface area contributed by atoms with Gasteiger partial charge in [0.2, 0.25) is 11.8 Å². The Hall–Kier alpha value is -2.41. The lowest BCUT2D eigenvalue weighted by molar-refractivity contribution is -0.137. The van der Waals surface area contributed by atoms with E-state index in [1.165, 1.54) is 0 Å². The largest absolute Gasteiger partial charge is 0.480 e. The summed E-state index contributed by atoms with van der Waals surface area (Å²) in [5.74, 6) is -1.97. The first-order chi connectivity index (χ1) is 10.9. The van der Waals surface area contributed by atoms with Gasteiger partial charge >= 0.3 is 5.97 Å². The molecule has 0 radical (unpaired) electrons. The Morgan fingerprint density at radius 2 is 1.70 bits per heavy atom. The van der Waals surface area contributed by atoms with Gasteiger partial charge in [0, 0.05) is 6.04 Å². The monoisotopic (exact) mass is 321 g/mol. The summed E-state index contributed by atoms with van der Waals surface area (Å²) >= 11 is 0. The molecular formula is C16H23N3O4. The molecule has 1 atom stereocenters. The van der Waals surface area contributed by atoms with Crippen LogP contribution in [-0.4, -0.2) is 48.1 Å². The molecule has 0 unspecified atom stereocenters. The molecule has 7 heteroatoms. The van der Waals surface area contributed by atoms with Crippen LogP contribution in [0.2, 0.25) is 0 Å². The van der Waals surface area contributed by atoms with Crippen molar-refractivity contribution in [1.29, 1.82) is 0 Å². The summed E-state index contributed by atoms with van der Waals surface area (Å²) in [6, 6.07) is 9.21. The zero-order chi connectivity index (χ0) is 17.2. The summed E-state index contributed by atoms with van der Waals surface area (Å²) in [6.45, 7) is 3.15. The topological polar surface area (TPSA) is 108 Å². The molecule has 23 heavy (non-hydrogen) atoms. The van der Waals surface area contributed by atoms with Crippen LogP contribution in [-0.2, 0) is 20.8 Å². The lowest BCUT2D eigenvalue weighted by Gasteiger charge is -2.20. The van der Waals surface area contributed by atoms with E-state index in [1.807, 2.05) is 44.2 Å². The van der Waals surface area contributed by atoms with Crippen LogP contribution in [0.25, 0.3) is 0 Å². The molecule has 0 heterocycles. The normalized spacial score (nSPS) is 11.8. The Labute approximate surface area is 135 Å². The van der Waals surface area contributed by atoms with E-state index in [0.717, 1.165) is 5.56 Å². The molecule has 4 N–H and O–H groups in total. The number of carbonyl (C=O) groups excluding carboxylic acids is 2. The lowest BCUT2D eigenvalue weighted by Crippen LogP contribution is -2.50. The highest BCUT2D eigenvalue weighted by molar-refractivity contribution is 5.88. The van der Waals surface area contributed by atoms with Crippen LogP contribution >= 0.6 is 0 Å². The van der Waals surface area contributed by atoms with E-state index in [4.69, 9.17) is 5.11 Å². The second-order valence-corrected chi connectivity index (χ2v) is 5.45. The molecule has 1 aromatic carbocycles. The van der Waals surface area contributed by atoms with Crippen molar-refractivity contribution in [2.24, 2.45) is 0 Å². The van der Waals surface area contributed by atoms with Crippen molar-refractivity contribution in [3.8, 4) is 0 Å². The quantitative estimate of drug-likeness (QED) is 0.508. The van der Waals surface area contributed by atoms with E-state index in [1.54, 1.807) is 0 Å². The zero-order valence-electron chi connectivity index (χ0n) is 13.3. The molecule has 0 aliphatic rings. The maximum absolute atomic E-state index is 12.3. The fourth-order valence-electron chi connectivity index (χ4n) is 2.01. The number of amides is 2. The van der Waals surface area contributed by atoms with E-state index in [0.29, 0.717) is 6.42 Å². The number of aliphatic carboxylic acids is 1. The van der Waals surface area contributed by atoms with Gasteiger partial charge < -0.3 is 21.1 Å². The minimum Gasteiger partial charge on any atom is -0.480 e. The van der Waals surface area contributed by atoms with Gasteiger partial charge in [0.1, 0.15) is 6.54 Å². The fraction of sp³-hybridized carbons (Fsp3) is 0.438. The summed E-state index contributed by atoms with van der Waals surface area (Å²) < 4.78 is 0. The third kappa shape index (κ3) is 7.96. The molecule has 0 bridgehead atoms. The number of hydrogen-bond donors (Lipinski definition) is 4. The Kier molecular flexibility index (Phi) is 7.76. The molecule has 0 spiro atoms. The molecule has 1 aromatic rings. The van der Waals surface area contributed by atoms with Crippen molar-refractivity contribution in [2.75, 3.05) is 13.1 Å². The van der Waals surface area contributed by atoms with E-state index >= 15 is 0 Å². The minimum atomic E-state index is -1.13. The van der Waals surface area contributed by atoms with Crippen LogP contribution in [0, 0.1) is 0 Å². The molecule has 0 aliphatic heterocycles. The molecule has 0 aliphatic carbocycles.